The number of thioether (sulfide) groups is 1. The number of aliphatic hydroxyl groups excluding tert-OH is 1. The van der Waals surface area contributed by atoms with Gasteiger partial charge in [0.1, 0.15) is 0 Å². The molecule has 0 spiro atoms. The quantitative estimate of drug-likeness (QED) is 0.584. The Labute approximate surface area is 55.5 Å². The fraction of sp³-hybridized carbons (Fsp3) is 0.833. The van der Waals surface area contributed by atoms with Crippen LogP contribution in [-0.4, -0.2) is 22.7 Å². The van der Waals surface area contributed by atoms with Gasteiger partial charge in [-0.2, -0.15) is 11.8 Å². The van der Waals surface area contributed by atoms with Crippen molar-refractivity contribution >= 4 is 11.8 Å². The van der Waals surface area contributed by atoms with E-state index in [4.69, 9.17) is 5.11 Å². The van der Waals surface area contributed by atoms with E-state index in [9.17, 15) is 0 Å². The molecule has 0 bridgehead atoms. The van der Waals surface area contributed by atoms with Gasteiger partial charge in [0.2, 0.25) is 0 Å². The lowest BCUT2D eigenvalue weighted by molar-refractivity contribution is 0.220. The average Bonchev–Trinajstić information content (AvgIpc) is 1.66. The normalized spacial score (nSPS) is 13.9. The maximum absolute atomic E-state index is 8.74. The van der Waals surface area contributed by atoms with E-state index in [1.54, 1.807) is 18.7 Å². The van der Waals surface area contributed by atoms with Gasteiger partial charge in [-0.15, -0.1) is 0 Å². The van der Waals surface area contributed by atoms with Crippen molar-refractivity contribution in [2.24, 2.45) is 0 Å². The molecule has 0 heterocycles. The maximum atomic E-state index is 8.74. The molecular weight excluding hydrogens is 120 g/mol. The number of hydrogen-bond acceptors (Lipinski definition) is 2. The summed E-state index contributed by atoms with van der Waals surface area (Å²) < 4.78 is 0. The van der Waals surface area contributed by atoms with Crippen molar-refractivity contribution in [1.29, 1.82) is 0 Å². The van der Waals surface area contributed by atoms with Crippen LogP contribution in [0.2, 0.25) is 0 Å². The molecule has 1 atom stereocenters. The molecule has 1 radical (unpaired) electrons. The molecule has 1 N–H and O–H groups in total. The third kappa shape index (κ3) is 6.31. The summed E-state index contributed by atoms with van der Waals surface area (Å²) in [6, 6.07) is 0. The van der Waals surface area contributed by atoms with E-state index >= 15 is 0 Å². The van der Waals surface area contributed by atoms with Gasteiger partial charge in [0.15, 0.2) is 0 Å². The summed E-state index contributed by atoms with van der Waals surface area (Å²) in [7, 11) is 0. The van der Waals surface area contributed by atoms with E-state index in [0.29, 0.717) is 0 Å². The monoisotopic (exact) mass is 133 g/mol. The Morgan fingerprint density at radius 3 is 2.75 bits per heavy atom. The zero-order chi connectivity index (χ0) is 6.41. The summed E-state index contributed by atoms with van der Waals surface area (Å²) in [5.41, 5.74) is 0. The molecule has 0 aliphatic rings. The Kier molecular flexibility index (Phi) is 5.66. The van der Waals surface area contributed by atoms with Crippen LogP contribution < -0.4 is 0 Å². The second-order valence-electron chi connectivity index (χ2n) is 1.78. The second-order valence-corrected chi connectivity index (χ2v) is 2.93. The first-order valence-electron chi connectivity index (χ1n) is 2.82. The minimum Gasteiger partial charge on any atom is -0.393 e. The first-order valence-corrected chi connectivity index (χ1v) is 3.98. The van der Waals surface area contributed by atoms with Gasteiger partial charge in [-0.25, -0.2) is 0 Å². The first-order chi connectivity index (χ1) is 3.77. The standard InChI is InChI=1S/C6H13OS/c1-3-4-8-5-6(2)7/h6-7H,1,3-5H2,2H3. The van der Waals surface area contributed by atoms with Crippen molar-refractivity contribution < 1.29 is 5.11 Å². The van der Waals surface area contributed by atoms with Gasteiger partial charge in [-0.05, 0) is 19.1 Å². The lowest BCUT2D eigenvalue weighted by Gasteiger charge is -2.00. The summed E-state index contributed by atoms with van der Waals surface area (Å²) in [6.07, 6.45) is 0.795. The Morgan fingerprint density at radius 2 is 2.38 bits per heavy atom. The topological polar surface area (TPSA) is 20.2 Å². The maximum Gasteiger partial charge on any atom is 0.0602 e. The van der Waals surface area contributed by atoms with Crippen LogP contribution in [0.1, 0.15) is 13.3 Å². The van der Waals surface area contributed by atoms with Gasteiger partial charge in [-0.1, -0.05) is 6.92 Å². The third-order valence-electron chi connectivity index (χ3n) is 0.648. The molecular formula is C6H13OS. The van der Waals surface area contributed by atoms with Crippen molar-refractivity contribution in [3.05, 3.63) is 6.92 Å². The Bertz CT molecular complexity index is 45.8. The molecule has 0 aliphatic carbocycles. The largest absolute Gasteiger partial charge is 0.393 e. The highest BCUT2D eigenvalue weighted by Gasteiger charge is 1.92. The summed E-state index contributed by atoms with van der Waals surface area (Å²) in [4.78, 5) is 0. The zero-order valence-electron chi connectivity index (χ0n) is 5.26. The van der Waals surface area contributed by atoms with Crippen LogP contribution in [0.4, 0.5) is 0 Å². The minimum atomic E-state index is -0.161. The van der Waals surface area contributed by atoms with Gasteiger partial charge in [0, 0.05) is 5.75 Å². The van der Waals surface area contributed by atoms with Crippen molar-refractivity contribution in [2.45, 2.75) is 19.4 Å². The van der Waals surface area contributed by atoms with Crippen LogP contribution in [0.15, 0.2) is 0 Å². The smallest absolute Gasteiger partial charge is 0.0602 e. The fourth-order valence-electron chi connectivity index (χ4n) is 0.356. The highest BCUT2D eigenvalue weighted by atomic mass is 32.2. The predicted octanol–water partition coefficient (Wildman–Crippen LogP) is 1.32. The number of rotatable bonds is 4. The molecule has 0 aromatic heterocycles. The summed E-state index contributed by atoms with van der Waals surface area (Å²) >= 11 is 1.75. The zero-order valence-corrected chi connectivity index (χ0v) is 6.08. The van der Waals surface area contributed by atoms with Gasteiger partial charge >= 0.3 is 0 Å². The first kappa shape index (κ1) is 8.31. The molecule has 0 amide bonds. The molecule has 0 aromatic carbocycles. The molecule has 0 rings (SSSR count). The van der Waals surface area contributed by atoms with Crippen molar-refractivity contribution in [1.82, 2.24) is 0 Å². The molecule has 8 heavy (non-hydrogen) atoms. The van der Waals surface area contributed by atoms with Crippen LogP contribution in [0.5, 0.6) is 0 Å². The Morgan fingerprint density at radius 1 is 1.75 bits per heavy atom. The third-order valence-corrected chi connectivity index (χ3v) is 1.94. The van der Waals surface area contributed by atoms with Crippen LogP contribution in [-0.2, 0) is 0 Å². The summed E-state index contributed by atoms with van der Waals surface area (Å²) in [5, 5.41) is 8.74. The molecule has 49 valence electrons. The van der Waals surface area contributed by atoms with Gasteiger partial charge < -0.3 is 5.11 Å². The number of aliphatic hydroxyl groups is 1. The molecule has 2 heteroatoms. The highest BCUT2D eigenvalue weighted by molar-refractivity contribution is 7.99. The van der Waals surface area contributed by atoms with Gasteiger partial charge in [0.05, 0.1) is 6.10 Å². The molecule has 0 saturated carbocycles. The predicted molar refractivity (Wildman–Crippen MR) is 39.0 cm³/mol. The van der Waals surface area contributed by atoms with E-state index in [-0.39, 0.29) is 6.10 Å². The van der Waals surface area contributed by atoms with Gasteiger partial charge in [-0.3, -0.25) is 0 Å². The van der Waals surface area contributed by atoms with Gasteiger partial charge in [0.25, 0.3) is 0 Å². The average molecular weight is 133 g/mol. The molecule has 0 saturated heterocycles. The SMILES string of the molecule is [CH2]CCSCC(C)O. The van der Waals surface area contributed by atoms with E-state index in [1.807, 2.05) is 0 Å². The summed E-state index contributed by atoms with van der Waals surface area (Å²) in [5.74, 6) is 1.90. The Hall–Kier alpha value is 0.310. The Balaban J connectivity index is 2.72. The van der Waals surface area contributed by atoms with E-state index in [2.05, 4.69) is 6.92 Å². The van der Waals surface area contributed by atoms with Crippen LogP contribution >= 0.6 is 11.8 Å². The highest BCUT2D eigenvalue weighted by Crippen LogP contribution is 2.02. The van der Waals surface area contributed by atoms with Crippen molar-refractivity contribution in [2.75, 3.05) is 11.5 Å². The number of hydrogen-bond donors (Lipinski definition) is 1. The van der Waals surface area contributed by atoms with Crippen LogP contribution in [0, 0.1) is 6.92 Å². The lowest BCUT2D eigenvalue weighted by Crippen LogP contribution is -2.02. The molecule has 1 nitrogen and oxygen atoms in total. The molecule has 0 fully saturated rings. The molecule has 0 aromatic rings. The van der Waals surface area contributed by atoms with E-state index < -0.39 is 0 Å². The fourth-order valence-corrected chi connectivity index (χ4v) is 1.07. The minimum absolute atomic E-state index is 0.161. The van der Waals surface area contributed by atoms with E-state index in [1.165, 1.54) is 0 Å². The molecule has 1 unspecified atom stereocenters. The van der Waals surface area contributed by atoms with Crippen LogP contribution in [0.3, 0.4) is 0 Å². The second kappa shape index (κ2) is 5.45. The van der Waals surface area contributed by atoms with Crippen molar-refractivity contribution in [3.8, 4) is 0 Å². The van der Waals surface area contributed by atoms with Crippen molar-refractivity contribution in [3.63, 3.8) is 0 Å². The lowest BCUT2D eigenvalue weighted by atomic mass is 10.5. The van der Waals surface area contributed by atoms with Crippen LogP contribution in [0.25, 0.3) is 0 Å². The van der Waals surface area contributed by atoms with E-state index in [0.717, 1.165) is 17.9 Å². The molecule has 0 aliphatic heterocycles. The summed E-state index contributed by atoms with van der Waals surface area (Å²) in [6.45, 7) is 5.48.